The number of carbonyl (C=O) groups is 1. The lowest BCUT2D eigenvalue weighted by Crippen LogP contribution is -2.01. The highest BCUT2D eigenvalue weighted by Crippen LogP contribution is 2.27. The molecule has 1 heterocycles. The third-order valence-electron chi connectivity index (χ3n) is 4.62. The van der Waals surface area contributed by atoms with Crippen molar-refractivity contribution in [3.05, 3.63) is 106 Å². The Labute approximate surface area is 189 Å². The molecule has 0 unspecified atom stereocenters. The summed E-state index contributed by atoms with van der Waals surface area (Å²) in [6, 6.07) is 24.8. The normalized spacial score (nSPS) is 11.2. The average Bonchev–Trinajstić information content (AvgIpc) is 2.79. The zero-order valence-electron chi connectivity index (χ0n) is 16.8. The van der Waals surface area contributed by atoms with Crippen molar-refractivity contribution in [1.29, 1.82) is 0 Å². The van der Waals surface area contributed by atoms with E-state index in [1.807, 2.05) is 73.7 Å². The molecule has 3 aromatic carbocycles. The lowest BCUT2D eigenvalue weighted by molar-refractivity contribution is 0.0519. The molecule has 6 heteroatoms. The van der Waals surface area contributed by atoms with Crippen LogP contribution in [0.5, 0.6) is 0 Å². The summed E-state index contributed by atoms with van der Waals surface area (Å²) in [4.78, 5) is 22.1. The van der Waals surface area contributed by atoms with Gasteiger partial charge in [0.2, 0.25) is 0 Å². The lowest BCUT2D eigenvalue weighted by atomic mass is 10.2. The molecule has 4 rings (SSSR count). The molecule has 0 fully saturated rings. The molecule has 0 saturated carbocycles. The summed E-state index contributed by atoms with van der Waals surface area (Å²) in [5, 5.41) is 6.44. The highest BCUT2D eigenvalue weighted by Gasteiger charge is 2.09. The van der Waals surface area contributed by atoms with E-state index in [1.54, 1.807) is 23.9 Å². The Balaban J connectivity index is 1.55. The van der Waals surface area contributed by atoms with Crippen LogP contribution in [0.25, 0.3) is 10.9 Å². The molecule has 31 heavy (non-hydrogen) atoms. The zero-order valence-corrected chi connectivity index (χ0v) is 18.4. The van der Waals surface area contributed by atoms with Gasteiger partial charge in [0.15, 0.2) is 0 Å². The fraction of sp³-hybridized carbons (Fsp3) is 0.0800. The zero-order chi connectivity index (χ0) is 21.6. The van der Waals surface area contributed by atoms with Gasteiger partial charge in [-0.2, -0.15) is 0 Å². The topological polar surface area (TPSA) is 51.5 Å². The molecule has 0 aliphatic carbocycles. The summed E-state index contributed by atoms with van der Waals surface area (Å²) >= 11 is 7.57. The van der Waals surface area contributed by atoms with Crippen molar-refractivity contribution in [2.75, 3.05) is 0 Å². The number of rotatable bonds is 6. The van der Waals surface area contributed by atoms with Crippen LogP contribution >= 0.6 is 23.4 Å². The molecule has 0 N–H and O–H groups in total. The number of hydrogen-bond acceptors (Lipinski definition) is 5. The Morgan fingerprint density at radius 1 is 1.06 bits per heavy atom. The summed E-state index contributed by atoms with van der Waals surface area (Å²) in [5.74, 6) is 0.229. The first kappa shape index (κ1) is 21.1. The minimum atomic E-state index is -0.500. The maximum absolute atomic E-state index is 12.2. The van der Waals surface area contributed by atoms with E-state index < -0.39 is 5.97 Å². The lowest BCUT2D eigenvalue weighted by Gasteiger charge is -2.08. The molecule has 0 bridgehead atoms. The summed E-state index contributed by atoms with van der Waals surface area (Å²) in [5.41, 5.74) is 4.35. The number of para-hydroxylation sites is 1. The number of benzene rings is 3. The van der Waals surface area contributed by atoms with Gasteiger partial charge in [-0.15, -0.1) is 11.8 Å². The van der Waals surface area contributed by atoms with Crippen LogP contribution in [-0.2, 0) is 10.6 Å². The maximum Gasteiger partial charge on any atom is 0.365 e. The van der Waals surface area contributed by atoms with Crippen LogP contribution in [0.2, 0.25) is 5.02 Å². The van der Waals surface area contributed by atoms with Gasteiger partial charge in [0, 0.05) is 21.7 Å². The van der Waals surface area contributed by atoms with Crippen LogP contribution in [0.4, 0.5) is 0 Å². The van der Waals surface area contributed by atoms with Crippen molar-refractivity contribution >= 4 is 46.4 Å². The highest BCUT2D eigenvalue weighted by atomic mass is 35.5. The minimum absolute atomic E-state index is 0.455. The number of pyridine rings is 1. The molecular weight excluding hydrogens is 428 g/mol. The quantitative estimate of drug-likeness (QED) is 0.143. The van der Waals surface area contributed by atoms with Crippen LogP contribution in [0.3, 0.4) is 0 Å². The molecule has 0 amide bonds. The van der Waals surface area contributed by atoms with Crippen molar-refractivity contribution in [3.8, 4) is 0 Å². The van der Waals surface area contributed by atoms with Gasteiger partial charge in [-0.25, -0.2) is 9.78 Å². The predicted molar refractivity (Wildman–Crippen MR) is 127 cm³/mol. The number of aromatic nitrogens is 1. The van der Waals surface area contributed by atoms with Gasteiger partial charge in [0.25, 0.3) is 0 Å². The van der Waals surface area contributed by atoms with Crippen molar-refractivity contribution in [2.24, 2.45) is 5.16 Å². The van der Waals surface area contributed by atoms with E-state index in [0.717, 1.165) is 38.4 Å². The molecule has 0 aliphatic heterocycles. The first-order valence-corrected chi connectivity index (χ1v) is 11.0. The second-order valence-electron chi connectivity index (χ2n) is 6.97. The molecular formula is C25H19ClN2O2S. The molecule has 0 radical (unpaired) electrons. The summed E-state index contributed by atoms with van der Waals surface area (Å²) < 4.78 is 0. The number of hydrogen-bond donors (Lipinski definition) is 0. The molecule has 1 aromatic heterocycles. The summed E-state index contributed by atoms with van der Waals surface area (Å²) in [7, 11) is 0. The SMILES string of the molecule is Cc1ccc(C(=O)O/N=C/c2cc3ccccc3nc2SCc2ccc(Cl)cc2)cc1. The van der Waals surface area contributed by atoms with Gasteiger partial charge in [0.05, 0.1) is 17.3 Å². The molecule has 0 saturated heterocycles. The van der Waals surface area contributed by atoms with Gasteiger partial charge < -0.3 is 4.84 Å². The molecule has 0 aliphatic rings. The monoisotopic (exact) mass is 446 g/mol. The summed E-state index contributed by atoms with van der Waals surface area (Å²) in [6.07, 6.45) is 1.54. The Hall–Kier alpha value is -3.15. The Kier molecular flexibility index (Phi) is 6.65. The van der Waals surface area contributed by atoms with Crippen LogP contribution in [0.1, 0.15) is 27.0 Å². The van der Waals surface area contributed by atoms with Crippen molar-refractivity contribution in [1.82, 2.24) is 4.98 Å². The van der Waals surface area contributed by atoms with Gasteiger partial charge in [-0.1, -0.05) is 64.8 Å². The minimum Gasteiger partial charge on any atom is -0.313 e. The number of aryl methyl sites for hydroxylation is 1. The first-order chi connectivity index (χ1) is 15.1. The Morgan fingerprint density at radius 3 is 2.58 bits per heavy atom. The van der Waals surface area contributed by atoms with Gasteiger partial charge in [-0.05, 0) is 48.9 Å². The number of carbonyl (C=O) groups excluding carboxylic acids is 1. The number of halogens is 1. The van der Waals surface area contributed by atoms with E-state index in [4.69, 9.17) is 21.4 Å². The third-order valence-corrected chi connectivity index (χ3v) is 5.95. The van der Waals surface area contributed by atoms with Crippen molar-refractivity contribution in [3.63, 3.8) is 0 Å². The molecule has 0 atom stereocenters. The number of thioether (sulfide) groups is 1. The smallest absolute Gasteiger partial charge is 0.313 e. The predicted octanol–water partition coefficient (Wildman–Crippen LogP) is 6.68. The van der Waals surface area contributed by atoms with Crippen LogP contribution in [0.15, 0.2) is 89.0 Å². The van der Waals surface area contributed by atoms with E-state index >= 15 is 0 Å². The second kappa shape index (κ2) is 9.77. The largest absolute Gasteiger partial charge is 0.365 e. The van der Waals surface area contributed by atoms with Crippen molar-refractivity contribution < 1.29 is 9.63 Å². The third kappa shape index (κ3) is 5.51. The Bertz CT molecular complexity index is 1240. The van der Waals surface area contributed by atoms with E-state index in [-0.39, 0.29) is 0 Å². The number of fused-ring (bicyclic) bond motifs is 1. The fourth-order valence-electron chi connectivity index (χ4n) is 2.93. The second-order valence-corrected chi connectivity index (χ2v) is 8.37. The maximum atomic E-state index is 12.2. The van der Waals surface area contributed by atoms with E-state index in [2.05, 4.69) is 5.16 Å². The molecule has 154 valence electrons. The van der Waals surface area contributed by atoms with E-state index in [1.165, 1.54) is 6.21 Å². The van der Waals surface area contributed by atoms with Crippen LogP contribution in [-0.4, -0.2) is 17.2 Å². The molecule has 4 nitrogen and oxygen atoms in total. The first-order valence-electron chi connectivity index (χ1n) is 9.67. The number of nitrogens with zero attached hydrogens (tertiary/aromatic N) is 2. The van der Waals surface area contributed by atoms with E-state index in [9.17, 15) is 4.79 Å². The molecule has 0 spiro atoms. The van der Waals surface area contributed by atoms with Crippen LogP contribution < -0.4 is 0 Å². The summed E-state index contributed by atoms with van der Waals surface area (Å²) in [6.45, 7) is 1.96. The van der Waals surface area contributed by atoms with Crippen molar-refractivity contribution in [2.45, 2.75) is 17.7 Å². The average molecular weight is 447 g/mol. The Morgan fingerprint density at radius 2 is 1.81 bits per heavy atom. The molecule has 4 aromatic rings. The van der Waals surface area contributed by atoms with Gasteiger partial charge in [-0.3, -0.25) is 0 Å². The van der Waals surface area contributed by atoms with E-state index in [0.29, 0.717) is 10.6 Å². The van der Waals surface area contributed by atoms with Gasteiger partial charge in [0.1, 0.15) is 5.03 Å². The fourth-order valence-corrected chi connectivity index (χ4v) is 3.99. The standard InChI is InChI=1S/C25H19ClN2O2S/c1-17-6-10-19(11-7-17)25(29)30-27-15-21-14-20-4-2-3-5-23(20)28-24(21)31-16-18-8-12-22(26)13-9-18/h2-15H,16H2,1H3/b27-15+. The number of oxime groups is 1. The highest BCUT2D eigenvalue weighted by molar-refractivity contribution is 7.98. The van der Waals surface area contributed by atoms with Crippen LogP contribution in [0, 0.1) is 6.92 Å². The van der Waals surface area contributed by atoms with Gasteiger partial charge >= 0.3 is 5.97 Å².